The molecule has 0 spiro atoms. The predicted molar refractivity (Wildman–Crippen MR) is 140 cm³/mol. The number of carbonyl (C=O) groups excluding carboxylic acids is 2. The summed E-state index contributed by atoms with van der Waals surface area (Å²) in [5.41, 5.74) is -0.160. The Labute approximate surface area is 221 Å². The highest BCUT2D eigenvalue weighted by Crippen LogP contribution is 2.37. The van der Waals surface area contributed by atoms with Crippen molar-refractivity contribution < 1.29 is 33.9 Å². The fraction of sp³-hybridized carbons (Fsp3) is 0.0769. The van der Waals surface area contributed by atoms with Crippen molar-refractivity contribution in [1.82, 2.24) is 5.32 Å². The number of thiocarbonyl (C=S) groups is 1. The van der Waals surface area contributed by atoms with Crippen LogP contribution in [0.1, 0.15) is 21.5 Å². The van der Waals surface area contributed by atoms with E-state index in [-0.39, 0.29) is 40.0 Å². The highest BCUT2D eigenvalue weighted by Gasteiger charge is 2.35. The number of hydrogen-bond acceptors (Lipinski definition) is 8. The number of carboxylic acids is 1. The number of benzene rings is 3. The molecule has 2 N–H and O–H groups in total. The van der Waals surface area contributed by atoms with E-state index < -0.39 is 34.0 Å². The van der Waals surface area contributed by atoms with Crippen LogP contribution in [0.3, 0.4) is 0 Å². The zero-order chi connectivity index (χ0) is 27.4. The van der Waals surface area contributed by atoms with E-state index in [0.29, 0.717) is 0 Å². The Morgan fingerprint density at radius 3 is 2.50 bits per heavy atom. The lowest BCUT2D eigenvalue weighted by Crippen LogP contribution is -2.54. The zero-order valence-corrected chi connectivity index (χ0v) is 20.6. The second-order valence-electron chi connectivity index (χ2n) is 7.91. The van der Waals surface area contributed by atoms with Crippen molar-refractivity contribution >= 4 is 52.6 Å². The topological polar surface area (TPSA) is 148 Å². The summed E-state index contributed by atoms with van der Waals surface area (Å²) in [6.07, 6.45) is 1.05. The Morgan fingerprint density at radius 1 is 1.11 bits per heavy atom. The number of rotatable bonds is 8. The van der Waals surface area contributed by atoms with Crippen molar-refractivity contribution in [3.63, 3.8) is 0 Å². The standard InChI is InChI=1S/C26H19N3O8S/c1-36-21-12-17(20(29(34)35)13-22(21)37-14-15-6-3-2-4-7-15)11-19-23(30)27-26(38)28(24(19)31)18-9-5-8-16(10-18)25(32)33/h2-13H,14H2,1H3,(H,32,33)(H,27,30,38). The fourth-order valence-electron chi connectivity index (χ4n) is 3.67. The van der Waals surface area contributed by atoms with Crippen molar-refractivity contribution in [2.75, 3.05) is 12.0 Å². The number of aromatic carboxylic acids is 1. The molecule has 0 atom stereocenters. The number of nitro benzene ring substituents is 1. The van der Waals surface area contributed by atoms with Gasteiger partial charge in [0.2, 0.25) is 0 Å². The average Bonchev–Trinajstić information content (AvgIpc) is 2.90. The summed E-state index contributed by atoms with van der Waals surface area (Å²) in [5.74, 6) is -2.75. The predicted octanol–water partition coefficient (Wildman–Crippen LogP) is 3.71. The molecule has 3 aromatic rings. The molecule has 0 saturated carbocycles. The molecular weight excluding hydrogens is 514 g/mol. The van der Waals surface area contributed by atoms with E-state index in [1.165, 1.54) is 37.4 Å². The summed E-state index contributed by atoms with van der Waals surface area (Å²) in [5, 5.41) is 23.3. The van der Waals surface area contributed by atoms with Gasteiger partial charge in [-0.15, -0.1) is 0 Å². The Bertz CT molecular complexity index is 1500. The van der Waals surface area contributed by atoms with E-state index in [1.807, 2.05) is 30.3 Å². The highest BCUT2D eigenvalue weighted by atomic mass is 32.1. The lowest BCUT2D eigenvalue weighted by atomic mass is 10.0. The number of amides is 2. The van der Waals surface area contributed by atoms with Crippen LogP contribution in [0.5, 0.6) is 11.5 Å². The molecule has 3 aromatic carbocycles. The Hall–Kier alpha value is -5.10. The first-order valence-electron chi connectivity index (χ1n) is 11.0. The Morgan fingerprint density at radius 2 is 1.84 bits per heavy atom. The number of hydrogen-bond donors (Lipinski definition) is 2. The molecule has 0 aliphatic carbocycles. The SMILES string of the molecule is COc1cc(C=C2C(=O)NC(=S)N(c3cccc(C(=O)O)c3)C2=O)c([N+](=O)[O-])cc1OCc1ccccc1. The molecule has 2 amide bonds. The van der Waals surface area contributed by atoms with Crippen LogP contribution < -0.4 is 19.7 Å². The van der Waals surface area contributed by atoms with Gasteiger partial charge in [0.15, 0.2) is 16.6 Å². The molecule has 192 valence electrons. The smallest absolute Gasteiger partial charge is 0.335 e. The van der Waals surface area contributed by atoms with Crippen LogP contribution >= 0.6 is 12.2 Å². The molecule has 0 radical (unpaired) electrons. The van der Waals surface area contributed by atoms with Crippen molar-refractivity contribution in [3.05, 3.63) is 99.1 Å². The number of ether oxygens (including phenoxy) is 2. The summed E-state index contributed by atoms with van der Waals surface area (Å²) in [4.78, 5) is 49.6. The second-order valence-corrected chi connectivity index (χ2v) is 8.29. The molecule has 1 fully saturated rings. The number of nitrogens with zero attached hydrogens (tertiary/aromatic N) is 2. The lowest BCUT2D eigenvalue weighted by molar-refractivity contribution is -0.385. The molecule has 38 heavy (non-hydrogen) atoms. The lowest BCUT2D eigenvalue weighted by Gasteiger charge is -2.29. The first-order valence-corrected chi connectivity index (χ1v) is 11.4. The zero-order valence-electron chi connectivity index (χ0n) is 19.7. The number of nitro groups is 1. The minimum absolute atomic E-state index is 0.0931. The maximum atomic E-state index is 13.3. The Balaban J connectivity index is 1.74. The number of carbonyl (C=O) groups is 3. The molecule has 0 bridgehead atoms. The second kappa shape index (κ2) is 10.9. The molecule has 1 aliphatic heterocycles. The third kappa shape index (κ3) is 5.34. The van der Waals surface area contributed by atoms with Gasteiger partial charge in [-0.1, -0.05) is 36.4 Å². The molecule has 0 unspecified atom stereocenters. The van der Waals surface area contributed by atoms with Crippen molar-refractivity contribution in [3.8, 4) is 11.5 Å². The van der Waals surface area contributed by atoms with Gasteiger partial charge >= 0.3 is 5.97 Å². The third-order valence-electron chi connectivity index (χ3n) is 5.50. The Kier molecular flexibility index (Phi) is 7.44. The molecular formula is C26H19N3O8S. The van der Waals surface area contributed by atoms with Crippen molar-refractivity contribution in [2.24, 2.45) is 0 Å². The number of nitrogens with one attached hydrogen (secondary N) is 1. The van der Waals surface area contributed by atoms with E-state index in [4.69, 9.17) is 21.7 Å². The maximum absolute atomic E-state index is 13.3. The van der Waals surface area contributed by atoms with Gasteiger partial charge in [-0.05, 0) is 48.1 Å². The largest absolute Gasteiger partial charge is 0.493 e. The number of carboxylic acid groups (broad SMARTS) is 1. The van der Waals surface area contributed by atoms with Crippen LogP contribution in [0, 0.1) is 10.1 Å². The molecule has 11 nitrogen and oxygen atoms in total. The van der Waals surface area contributed by atoms with Crippen LogP contribution in [0.4, 0.5) is 11.4 Å². The molecule has 1 aliphatic rings. The first kappa shape index (κ1) is 26.0. The van der Waals surface area contributed by atoms with Gasteiger partial charge < -0.3 is 14.6 Å². The van der Waals surface area contributed by atoms with Crippen LogP contribution in [-0.4, -0.2) is 40.0 Å². The summed E-state index contributed by atoms with van der Waals surface area (Å²) in [6, 6.07) is 17.0. The van der Waals surface area contributed by atoms with Crippen LogP contribution in [0.15, 0.2) is 72.3 Å². The highest BCUT2D eigenvalue weighted by molar-refractivity contribution is 7.80. The third-order valence-corrected chi connectivity index (χ3v) is 5.78. The van der Waals surface area contributed by atoms with E-state index in [0.717, 1.165) is 22.6 Å². The minimum Gasteiger partial charge on any atom is -0.493 e. The molecule has 1 saturated heterocycles. The van der Waals surface area contributed by atoms with Gasteiger partial charge in [0.05, 0.1) is 34.9 Å². The monoisotopic (exact) mass is 533 g/mol. The summed E-state index contributed by atoms with van der Waals surface area (Å²) in [7, 11) is 1.35. The van der Waals surface area contributed by atoms with Crippen LogP contribution in [0.25, 0.3) is 6.08 Å². The number of methoxy groups -OCH3 is 1. The first-order chi connectivity index (χ1) is 18.2. The fourth-order valence-corrected chi connectivity index (χ4v) is 3.95. The summed E-state index contributed by atoms with van der Waals surface area (Å²) >= 11 is 5.14. The molecule has 1 heterocycles. The van der Waals surface area contributed by atoms with Gasteiger partial charge in [0.25, 0.3) is 17.5 Å². The summed E-state index contributed by atoms with van der Waals surface area (Å²) < 4.78 is 11.1. The summed E-state index contributed by atoms with van der Waals surface area (Å²) in [6.45, 7) is 0.123. The minimum atomic E-state index is -1.22. The molecule has 12 heteroatoms. The van der Waals surface area contributed by atoms with Gasteiger partial charge in [0, 0.05) is 0 Å². The quantitative estimate of drug-likeness (QED) is 0.145. The van der Waals surface area contributed by atoms with Crippen LogP contribution in [-0.2, 0) is 16.2 Å². The van der Waals surface area contributed by atoms with Gasteiger partial charge in [0.1, 0.15) is 12.2 Å². The van der Waals surface area contributed by atoms with E-state index in [9.17, 15) is 29.6 Å². The molecule has 0 aromatic heterocycles. The van der Waals surface area contributed by atoms with Gasteiger partial charge in [-0.2, -0.15) is 0 Å². The van der Waals surface area contributed by atoms with Crippen LogP contribution in [0.2, 0.25) is 0 Å². The van der Waals surface area contributed by atoms with E-state index in [1.54, 1.807) is 0 Å². The van der Waals surface area contributed by atoms with Gasteiger partial charge in [-0.3, -0.25) is 29.9 Å². The number of anilines is 1. The van der Waals surface area contributed by atoms with Gasteiger partial charge in [-0.25, -0.2) is 4.79 Å². The van der Waals surface area contributed by atoms with Crippen molar-refractivity contribution in [1.29, 1.82) is 0 Å². The normalized spacial score (nSPS) is 14.3. The van der Waals surface area contributed by atoms with Crippen molar-refractivity contribution in [2.45, 2.75) is 6.61 Å². The van der Waals surface area contributed by atoms with E-state index >= 15 is 0 Å². The van der Waals surface area contributed by atoms with E-state index in [2.05, 4.69) is 5.32 Å². The maximum Gasteiger partial charge on any atom is 0.335 e. The molecule has 4 rings (SSSR count). The average molecular weight is 534 g/mol.